The van der Waals surface area contributed by atoms with E-state index in [0.717, 1.165) is 11.3 Å². The van der Waals surface area contributed by atoms with Crippen molar-refractivity contribution in [3.05, 3.63) is 36.2 Å². The topological polar surface area (TPSA) is 119 Å². The fraction of sp³-hybridized carbons (Fsp3) is 0.400. The zero-order valence-electron chi connectivity index (χ0n) is 13.7. The van der Waals surface area contributed by atoms with Gasteiger partial charge >= 0.3 is 0 Å². The molecule has 0 radical (unpaired) electrons. The third-order valence-corrected chi connectivity index (χ3v) is 5.86. The van der Waals surface area contributed by atoms with Crippen molar-refractivity contribution in [2.24, 2.45) is 11.0 Å². The molecule has 0 aliphatic carbocycles. The minimum Gasteiger partial charge on any atom is -0.273 e. The lowest BCUT2D eigenvalue weighted by Gasteiger charge is -2.07. The van der Waals surface area contributed by atoms with E-state index in [1.807, 2.05) is 24.3 Å². The van der Waals surface area contributed by atoms with Gasteiger partial charge in [0.1, 0.15) is 6.33 Å². The van der Waals surface area contributed by atoms with Gasteiger partial charge in [-0.15, -0.1) is 5.10 Å². The van der Waals surface area contributed by atoms with Crippen molar-refractivity contribution in [1.29, 1.82) is 0 Å². The van der Waals surface area contributed by atoms with Crippen molar-refractivity contribution in [3.8, 4) is 5.69 Å². The Bertz CT molecular complexity index is 892. The molecule has 1 aliphatic rings. The number of hydrazone groups is 1. The molecule has 2 aromatic rings. The van der Waals surface area contributed by atoms with E-state index in [9.17, 15) is 13.2 Å². The van der Waals surface area contributed by atoms with Crippen LogP contribution in [0.2, 0.25) is 0 Å². The first-order valence-corrected chi connectivity index (χ1v) is 9.62. The van der Waals surface area contributed by atoms with Crippen LogP contribution in [0.15, 0.2) is 35.7 Å². The van der Waals surface area contributed by atoms with Gasteiger partial charge in [-0.05, 0) is 47.4 Å². The van der Waals surface area contributed by atoms with Crippen LogP contribution in [-0.2, 0) is 14.6 Å². The van der Waals surface area contributed by atoms with Crippen molar-refractivity contribution in [2.45, 2.75) is 19.8 Å². The summed E-state index contributed by atoms with van der Waals surface area (Å²) in [5, 5.41) is 15.1. The Labute approximate surface area is 145 Å². The molecule has 1 fully saturated rings. The molecule has 0 spiro atoms. The highest BCUT2D eigenvalue weighted by molar-refractivity contribution is 7.91. The van der Waals surface area contributed by atoms with Gasteiger partial charge in [-0.2, -0.15) is 5.10 Å². The Morgan fingerprint density at radius 1 is 1.44 bits per heavy atom. The van der Waals surface area contributed by atoms with Gasteiger partial charge in [-0.3, -0.25) is 4.79 Å². The molecule has 0 unspecified atom stereocenters. The van der Waals surface area contributed by atoms with E-state index in [1.54, 1.807) is 6.92 Å². The van der Waals surface area contributed by atoms with Crippen molar-refractivity contribution in [3.63, 3.8) is 0 Å². The van der Waals surface area contributed by atoms with Gasteiger partial charge in [0.25, 0.3) is 0 Å². The minimum absolute atomic E-state index is 0.0805. The van der Waals surface area contributed by atoms with Crippen molar-refractivity contribution >= 4 is 21.5 Å². The molecule has 1 N–H and O–H groups in total. The molecule has 1 aliphatic heterocycles. The maximum Gasteiger partial charge on any atom is 0.240 e. The first-order valence-electron chi connectivity index (χ1n) is 7.80. The Hall–Kier alpha value is -2.62. The van der Waals surface area contributed by atoms with Gasteiger partial charge in [0.05, 0.1) is 22.9 Å². The summed E-state index contributed by atoms with van der Waals surface area (Å²) in [6.07, 6.45) is 2.19. The molecule has 132 valence electrons. The number of nitrogens with one attached hydrogen (secondary N) is 1. The molecule has 3 rings (SSSR count). The van der Waals surface area contributed by atoms with Gasteiger partial charge in [-0.25, -0.2) is 18.5 Å². The third kappa shape index (κ3) is 4.47. The van der Waals surface area contributed by atoms with Crippen LogP contribution in [0.1, 0.15) is 25.3 Å². The Morgan fingerprint density at radius 3 is 2.96 bits per heavy atom. The molecule has 25 heavy (non-hydrogen) atoms. The minimum atomic E-state index is -2.98. The number of tetrazole rings is 1. The first-order chi connectivity index (χ1) is 11.9. The van der Waals surface area contributed by atoms with E-state index in [2.05, 4.69) is 26.1 Å². The SMILES string of the molecule is C/C(=N/NC(=O)C[C@H]1CCS(=O)(=O)C1)c1cccc(-n2cnnn2)c1. The third-order valence-electron chi connectivity index (χ3n) is 4.03. The summed E-state index contributed by atoms with van der Waals surface area (Å²) in [6, 6.07) is 7.41. The Kier molecular flexibility index (Phi) is 4.88. The van der Waals surface area contributed by atoms with E-state index < -0.39 is 9.84 Å². The predicted molar refractivity (Wildman–Crippen MR) is 90.9 cm³/mol. The highest BCUT2D eigenvalue weighted by Crippen LogP contribution is 2.21. The summed E-state index contributed by atoms with van der Waals surface area (Å²) in [6.45, 7) is 1.78. The number of sulfone groups is 1. The average molecular weight is 362 g/mol. The normalized spacial score (nSPS) is 19.7. The standard InChI is InChI=1S/C15H18N6O3S/c1-11(13-3-2-4-14(8-13)21-10-16-19-20-21)17-18-15(22)7-12-5-6-25(23,24)9-12/h2-4,8,10,12H,5-7,9H2,1H3,(H,18,22)/b17-11-/t12-/m1/s1. The van der Waals surface area contributed by atoms with Crippen LogP contribution in [0.3, 0.4) is 0 Å². The van der Waals surface area contributed by atoms with Crippen molar-refractivity contribution in [2.75, 3.05) is 11.5 Å². The lowest BCUT2D eigenvalue weighted by atomic mass is 10.1. The number of carbonyl (C=O) groups is 1. The summed E-state index contributed by atoms with van der Waals surface area (Å²) < 4.78 is 24.4. The van der Waals surface area contributed by atoms with Gasteiger partial charge < -0.3 is 0 Å². The van der Waals surface area contributed by atoms with Crippen LogP contribution < -0.4 is 5.43 Å². The predicted octanol–water partition coefficient (Wildman–Crippen LogP) is 0.327. The van der Waals surface area contributed by atoms with Crippen LogP contribution in [0.25, 0.3) is 5.69 Å². The molecular weight excluding hydrogens is 344 g/mol. The number of carbonyl (C=O) groups excluding carboxylic acids is 1. The molecule has 0 bridgehead atoms. The van der Waals surface area contributed by atoms with E-state index >= 15 is 0 Å². The van der Waals surface area contributed by atoms with Gasteiger partial charge in [0, 0.05) is 6.42 Å². The summed E-state index contributed by atoms with van der Waals surface area (Å²) >= 11 is 0. The monoisotopic (exact) mass is 362 g/mol. The maximum atomic E-state index is 12.0. The van der Waals surface area contributed by atoms with E-state index in [1.165, 1.54) is 11.0 Å². The zero-order chi connectivity index (χ0) is 17.9. The number of amides is 1. The fourth-order valence-corrected chi connectivity index (χ4v) is 4.57. The summed E-state index contributed by atoms with van der Waals surface area (Å²) in [5.41, 5.74) is 4.72. The van der Waals surface area contributed by atoms with Gasteiger partial charge in [0.2, 0.25) is 5.91 Å². The molecule has 1 amide bonds. The quantitative estimate of drug-likeness (QED) is 0.604. The largest absolute Gasteiger partial charge is 0.273 e. The zero-order valence-corrected chi connectivity index (χ0v) is 14.5. The maximum absolute atomic E-state index is 12.0. The average Bonchev–Trinajstić information content (AvgIpc) is 3.22. The highest BCUT2D eigenvalue weighted by Gasteiger charge is 2.29. The smallest absolute Gasteiger partial charge is 0.240 e. The molecule has 9 nitrogen and oxygen atoms in total. The van der Waals surface area contributed by atoms with Crippen molar-refractivity contribution < 1.29 is 13.2 Å². The first kappa shape index (κ1) is 17.2. The summed E-state index contributed by atoms with van der Waals surface area (Å²) in [5.74, 6) is -0.157. The van der Waals surface area contributed by atoms with E-state index in [0.29, 0.717) is 12.1 Å². The molecule has 10 heteroatoms. The fourth-order valence-electron chi connectivity index (χ4n) is 2.70. The second-order valence-electron chi connectivity index (χ2n) is 6.01. The molecule has 1 aromatic heterocycles. The molecule has 1 saturated heterocycles. The number of aromatic nitrogens is 4. The number of benzene rings is 1. The van der Waals surface area contributed by atoms with Crippen LogP contribution in [0, 0.1) is 5.92 Å². The Morgan fingerprint density at radius 2 is 2.28 bits per heavy atom. The Balaban J connectivity index is 1.62. The second-order valence-corrected chi connectivity index (χ2v) is 8.24. The number of nitrogens with zero attached hydrogens (tertiary/aromatic N) is 5. The molecule has 0 saturated carbocycles. The van der Waals surface area contributed by atoms with Crippen LogP contribution in [0.5, 0.6) is 0 Å². The van der Waals surface area contributed by atoms with Crippen LogP contribution in [0.4, 0.5) is 0 Å². The second kappa shape index (κ2) is 7.09. The van der Waals surface area contributed by atoms with E-state index in [4.69, 9.17) is 0 Å². The molecule has 1 atom stereocenters. The molecule has 2 heterocycles. The molecular formula is C15H18N6O3S. The van der Waals surface area contributed by atoms with E-state index in [-0.39, 0.29) is 29.8 Å². The van der Waals surface area contributed by atoms with Crippen molar-refractivity contribution in [1.82, 2.24) is 25.6 Å². The number of hydrogen-bond donors (Lipinski definition) is 1. The van der Waals surface area contributed by atoms with Gasteiger partial charge in [0.15, 0.2) is 9.84 Å². The lowest BCUT2D eigenvalue weighted by molar-refractivity contribution is -0.121. The van der Waals surface area contributed by atoms with Crippen LogP contribution in [-0.4, -0.2) is 51.7 Å². The summed E-state index contributed by atoms with van der Waals surface area (Å²) in [4.78, 5) is 12.0. The molecule has 1 aromatic carbocycles. The van der Waals surface area contributed by atoms with Crippen LogP contribution >= 0.6 is 0 Å². The highest BCUT2D eigenvalue weighted by atomic mass is 32.2. The summed E-state index contributed by atoms with van der Waals surface area (Å²) in [7, 11) is -2.98. The number of hydrogen-bond acceptors (Lipinski definition) is 7. The number of rotatable bonds is 5. The van der Waals surface area contributed by atoms with Gasteiger partial charge in [-0.1, -0.05) is 12.1 Å². The lowest BCUT2D eigenvalue weighted by Crippen LogP contribution is -2.22.